The molecule has 1 aromatic rings. The van der Waals surface area contributed by atoms with Crippen molar-refractivity contribution >= 4 is 11.8 Å². The fraction of sp³-hybridized carbons (Fsp3) is 0.571. The van der Waals surface area contributed by atoms with Gasteiger partial charge in [-0.1, -0.05) is 13.0 Å². The van der Waals surface area contributed by atoms with E-state index in [1.54, 1.807) is 6.07 Å². The molecular formula is C14H20FNO2S. The number of hydrogen-bond acceptors (Lipinski definition) is 4. The van der Waals surface area contributed by atoms with Crippen LogP contribution in [0.25, 0.3) is 0 Å². The lowest BCUT2D eigenvalue weighted by atomic mass is 10.0. The average molecular weight is 285 g/mol. The number of halogens is 1. The summed E-state index contributed by atoms with van der Waals surface area (Å²) in [6.07, 6.45) is 0.0893. The molecule has 1 N–H and O–H groups in total. The van der Waals surface area contributed by atoms with Crippen LogP contribution < -0.4 is 10.1 Å². The summed E-state index contributed by atoms with van der Waals surface area (Å²) in [6, 6.07) is 5.13. The molecule has 1 aliphatic rings. The van der Waals surface area contributed by atoms with Gasteiger partial charge in [-0.25, -0.2) is 4.39 Å². The molecule has 2 atom stereocenters. The van der Waals surface area contributed by atoms with Crippen LogP contribution in [0.15, 0.2) is 18.2 Å². The van der Waals surface area contributed by atoms with Crippen LogP contribution in [0.1, 0.15) is 18.5 Å². The summed E-state index contributed by atoms with van der Waals surface area (Å²) in [5.74, 6) is 1.92. The summed E-state index contributed by atoms with van der Waals surface area (Å²) in [6.45, 7) is 3.63. The molecule has 1 heterocycles. The number of thioether (sulfide) groups is 1. The molecule has 0 amide bonds. The first-order valence-electron chi connectivity index (χ1n) is 6.52. The van der Waals surface area contributed by atoms with E-state index < -0.39 is 0 Å². The number of nitrogens with one attached hydrogen (secondary N) is 1. The maximum absolute atomic E-state index is 13.8. The number of ether oxygens (including phenoxy) is 2. The molecule has 5 heteroatoms. The van der Waals surface area contributed by atoms with Crippen molar-refractivity contribution in [1.29, 1.82) is 0 Å². The molecule has 0 aliphatic carbocycles. The number of methoxy groups -OCH3 is 1. The summed E-state index contributed by atoms with van der Waals surface area (Å²) >= 11 is 1.88. The molecule has 0 saturated carbocycles. The van der Waals surface area contributed by atoms with Gasteiger partial charge in [0.05, 0.1) is 25.9 Å². The highest BCUT2D eigenvalue weighted by Gasteiger charge is 2.26. The zero-order valence-corrected chi connectivity index (χ0v) is 12.1. The Morgan fingerprint density at radius 2 is 2.42 bits per heavy atom. The Morgan fingerprint density at radius 1 is 1.58 bits per heavy atom. The molecule has 19 heavy (non-hydrogen) atoms. The summed E-state index contributed by atoms with van der Waals surface area (Å²) < 4.78 is 24.6. The number of hydrogen-bond donors (Lipinski definition) is 1. The summed E-state index contributed by atoms with van der Waals surface area (Å²) in [4.78, 5) is 0. The molecule has 2 rings (SSSR count). The second-order valence-electron chi connectivity index (χ2n) is 4.41. The summed E-state index contributed by atoms with van der Waals surface area (Å²) in [5, 5.41) is 3.39. The molecule has 2 unspecified atom stereocenters. The second-order valence-corrected chi connectivity index (χ2v) is 5.56. The molecular weight excluding hydrogens is 265 g/mol. The maximum Gasteiger partial charge on any atom is 0.165 e. The normalized spacial score (nSPS) is 21.1. The minimum Gasteiger partial charge on any atom is -0.494 e. The van der Waals surface area contributed by atoms with Crippen LogP contribution in [0, 0.1) is 5.82 Å². The SMILES string of the molecule is CCNC(c1ccc(OC)c(F)c1)C1CSCCO1. The smallest absolute Gasteiger partial charge is 0.165 e. The summed E-state index contributed by atoms with van der Waals surface area (Å²) in [5.41, 5.74) is 0.910. The Balaban J connectivity index is 2.19. The van der Waals surface area contributed by atoms with E-state index in [9.17, 15) is 4.39 Å². The fourth-order valence-electron chi connectivity index (χ4n) is 2.26. The standard InChI is InChI=1S/C14H20FNO2S/c1-3-16-14(13-9-19-7-6-18-13)10-4-5-12(17-2)11(15)8-10/h4-5,8,13-14,16H,3,6-7,9H2,1-2H3. The highest BCUT2D eigenvalue weighted by atomic mass is 32.2. The van der Waals surface area contributed by atoms with Gasteiger partial charge in [-0.15, -0.1) is 0 Å². The fourth-order valence-corrected chi connectivity index (χ4v) is 3.16. The predicted molar refractivity (Wildman–Crippen MR) is 76.4 cm³/mol. The zero-order chi connectivity index (χ0) is 13.7. The van der Waals surface area contributed by atoms with Gasteiger partial charge in [-0.05, 0) is 24.2 Å². The maximum atomic E-state index is 13.8. The van der Waals surface area contributed by atoms with E-state index in [2.05, 4.69) is 5.32 Å². The minimum atomic E-state index is -0.327. The lowest BCUT2D eigenvalue weighted by Gasteiger charge is -2.31. The van der Waals surface area contributed by atoms with E-state index in [4.69, 9.17) is 9.47 Å². The zero-order valence-electron chi connectivity index (χ0n) is 11.3. The molecule has 1 saturated heterocycles. The molecule has 0 bridgehead atoms. The van der Waals surface area contributed by atoms with Crippen molar-refractivity contribution in [3.63, 3.8) is 0 Å². The van der Waals surface area contributed by atoms with Gasteiger partial charge in [-0.2, -0.15) is 11.8 Å². The lowest BCUT2D eigenvalue weighted by molar-refractivity contribution is 0.0471. The van der Waals surface area contributed by atoms with Gasteiger partial charge in [0.2, 0.25) is 0 Å². The highest BCUT2D eigenvalue weighted by Crippen LogP contribution is 2.28. The van der Waals surface area contributed by atoms with Gasteiger partial charge < -0.3 is 14.8 Å². The molecule has 1 aliphatic heterocycles. The van der Waals surface area contributed by atoms with Crippen molar-refractivity contribution in [2.75, 3.05) is 31.8 Å². The number of likely N-dealkylation sites (N-methyl/N-ethyl adjacent to an activating group) is 1. The Morgan fingerprint density at radius 3 is 3.00 bits per heavy atom. The minimum absolute atomic E-state index is 0.0261. The quantitative estimate of drug-likeness (QED) is 0.901. The van der Waals surface area contributed by atoms with Crippen molar-refractivity contribution in [3.05, 3.63) is 29.6 Å². The van der Waals surface area contributed by atoms with Crippen LogP contribution in [0.4, 0.5) is 4.39 Å². The van der Waals surface area contributed by atoms with Gasteiger partial charge in [-0.3, -0.25) is 0 Å². The largest absolute Gasteiger partial charge is 0.494 e. The molecule has 0 radical (unpaired) electrons. The predicted octanol–water partition coefficient (Wildman–Crippen LogP) is 2.62. The van der Waals surface area contributed by atoms with Crippen LogP contribution >= 0.6 is 11.8 Å². The number of benzene rings is 1. The van der Waals surface area contributed by atoms with E-state index in [-0.39, 0.29) is 23.7 Å². The van der Waals surface area contributed by atoms with E-state index in [0.717, 1.165) is 30.2 Å². The summed E-state index contributed by atoms with van der Waals surface area (Å²) in [7, 11) is 1.47. The monoisotopic (exact) mass is 285 g/mol. The van der Waals surface area contributed by atoms with E-state index in [1.807, 2.05) is 24.8 Å². The third kappa shape index (κ3) is 3.61. The van der Waals surface area contributed by atoms with Crippen LogP contribution in [-0.2, 0) is 4.74 Å². The first kappa shape index (κ1) is 14.6. The molecule has 1 aromatic carbocycles. The molecule has 106 valence electrons. The Hall–Kier alpha value is -0.780. The van der Waals surface area contributed by atoms with Gasteiger partial charge in [0, 0.05) is 11.5 Å². The van der Waals surface area contributed by atoms with Crippen LogP contribution in [-0.4, -0.2) is 37.9 Å². The van der Waals surface area contributed by atoms with Crippen molar-refractivity contribution < 1.29 is 13.9 Å². The van der Waals surface area contributed by atoms with Gasteiger partial charge in [0.15, 0.2) is 11.6 Å². The third-order valence-electron chi connectivity index (χ3n) is 3.17. The molecule has 0 aromatic heterocycles. The van der Waals surface area contributed by atoms with Crippen molar-refractivity contribution in [1.82, 2.24) is 5.32 Å². The van der Waals surface area contributed by atoms with Crippen molar-refractivity contribution in [2.24, 2.45) is 0 Å². The van der Waals surface area contributed by atoms with Gasteiger partial charge in [0.1, 0.15) is 0 Å². The average Bonchev–Trinajstić information content (AvgIpc) is 2.45. The number of rotatable bonds is 5. The van der Waals surface area contributed by atoms with Gasteiger partial charge >= 0.3 is 0 Å². The third-order valence-corrected chi connectivity index (χ3v) is 4.19. The van der Waals surface area contributed by atoms with E-state index in [0.29, 0.717) is 0 Å². The highest BCUT2D eigenvalue weighted by molar-refractivity contribution is 7.99. The van der Waals surface area contributed by atoms with Gasteiger partial charge in [0.25, 0.3) is 0 Å². The van der Waals surface area contributed by atoms with Crippen LogP contribution in [0.2, 0.25) is 0 Å². The van der Waals surface area contributed by atoms with Crippen LogP contribution in [0.3, 0.4) is 0 Å². The first-order chi connectivity index (χ1) is 9.26. The Bertz CT molecular complexity index is 410. The second kappa shape index (κ2) is 7.12. The molecule has 1 fully saturated rings. The van der Waals surface area contributed by atoms with E-state index >= 15 is 0 Å². The van der Waals surface area contributed by atoms with Crippen LogP contribution in [0.5, 0.6) is 5.75 Å². The molecule has 3 nitrogen and oxygen atoms in total. The Labute approximate surface area is 117 Å². The lowest BCUT2D eigenvalue weighted by Crippen LogP contribution is -2.38. The molecule has 0 spiro atoms. The van der Waals surface area contributed by atoms with Crippen molar-refractivity contribution in [2.45, 2.75) is 19.1 Å². The van der Waals surface area contributed by atoms with E-state index in [1.165, 1.54) is 13.2 Å². The van der Waals surface area contributed by atoms with Crippen molar-refractivity contribution in [3.8, 4) is 5.75 Å². The first-order valence-corrected chi connectivity index (χ1v) is 7.68. The topological polar surface area (TPSA) is 30.5 Å². The Kier molecular flexibility index (Phi) is 5.48.